The van der Waals surface area contributed by atoms with Gasteiger partial charge in [0, 0.05) is 6.54 Å². The third kappa shape index (κ3) is 2.94. The van der Waals surface area contributed by atoms with Crippen molar-refractivity contribution in [3.8, 4) is 0 Å². The average molecular weight is 290 g/mol. The van der Waals surface area contributed by atoms with E-state index < -0.39 is 0 Å². The Hall–Kier alpha value is -2.41. The lowest BCUT2D eigenvalue weighted by Gasteiger charge is -2.11. The highest BCUT2D eigenvalue weighted by molar-refractivity contribution is 7.80. The molecule has 7 heteroatoms. The fourth-order valence-corrected chi connectivity index (χ4v) is 1.91. The van der Waals surface area contributed by atoms with E-state index in [1.807, 2.05) is 6.92 Å². The van der Waals surface area contributed by atoms with Crippen LogP contribution < -0.4 is 21.8 Å². The molecule has 0 atom stereocenters. The molecule has 0 aliphatic carbocycles. The van der Waals surface area contributed by atoms with Crippen LogP contribution in [0.15, 0.2) is 39.9 Å². The summed E-state index contributed by atoms with van der Waals surface area (Å²) < 4.78 is 0. The molecule has 2 rings (SSSR count). The Labute approximate surface area is 119 Å². The Balaban J connectivity index is 2.38. The number of hydrogen-bond acceptors (Lipinski definition) is 3. The number of thiocarbonyl (C=S) groups is 1. The quantitative estimate of drug-likeness (QED) is 0.502. The summed E-state index contributed by atoms with van der Waals surface area (Å²) in [6.45, 7) is 6.17. The van der Waals surface area contributed by atoms with Crippen LogP contribution in [-0.2, 0) is 0 Å². The van der Waals surface area contributed by atoms with Gasteiger partial charge in [-0.2, -0.15) is 0 Å². The van der Waals surface area contributed by atoms with Gasteiger partial charge in [0.05, 0.1) is 16.5 Å². The molecule has 0 unspecified atom stereocenters. The second-order valence-corrected chi connectivity index (χ2v) is 4.81. The maximum absolute atomic E-state index is 11.9. The fourth-order valence-electron chi connectivity index (χ4n) is 1.73. The Morgan fingerprint density at radius 3 is 2.70 bits per heavy atom. The van der Waals surface area contributed by atoms with Gasteiger partial charge in [0.1, 0.15) is 0 Å². The standard InChI is InChI=1S/C13H14N4O2S/c1-7(2)6-14-13(20)15-9-5-3-4-8-10(9)12(19)17-16-11(8)18/h3-5H,1,6H2,2H3,(H,16,18)(H,17,19)(H2,14,15,20). The van der Waals surface area contributed by atoms with Gasteiger partial charge in [0.2, 0.25) is 0 Å². The molecule has 1 aromatic carbocycles. The van der Waals surface area contributed by atoms with E-state index in [1.54, 1.807) is 18.2 Å². The summed E-state index contributed by atoms with van der Waals surface area (Å²) in [6.07, 6.45) is 0. The van der Waals surface area contributed by atoms with Crippen molar-refractivity contribution in [1.82, 2.24) is 15.5 Å². The van der Waals surface area contributed by atoms with Crippen LogP contribution >= 0.6 is 12.2 Å². The van der Waals surface area contributed by atoms with Gasteiger partial charge in [-0.25, -0.2) is 0 Å². The maximum atomic E-state index is 11.9. The van der Waals surface area contributed by atoms with Crippen LogP contribution in [0.3, 0.4) is 0 Å². The number of nitrogens with one attached hydrogen (secondary N) is 4. The first-order valence-corrected chi connectivity index (χ1v) is 6.33. The number of fused-ring (bicyclic) bond motifs is 1. The zero-order valence-corrected chi connectivity index (χ0v) is 11.7. The number of hydrogen-bond donors (Lipinski definition) is 4. The molecular formula is C13H14N4O2S. The van der Waals surface area contributed by atoms with Gasteiger partial charge < -0.3 is 10.6 Å². The highest BCUT2D eigenvalue weighted by Gasteiger charge is 2.08. The first-order chi connectivity index (χ1) is 9.49. The van der Waals surface area contributed by atoms with Crippen molar-refractivity contribution in [1.29, 1.82) is 0 Å². The van der Waals surface area contributed by atoms with Crippen LogP contribution in [0.4, 0.5) is 5.69 Å². The molecule has 0 fully saturated rings. The van der Waals surface area contributed by atoms with E-state index in [4.69, 9.17) is 12.2 Å². The lowest BCUT2D eigenvalue weighted by molar-refractivity contribution is 0.976. The number of aromatic nitrogens is 2. The summed E-state index contributed by atoms with van der Waals surface area (Å²) in [5.41, 5.74) is 0.671. The molecule has 0 aliphatic heterocycles. The van der Waals surface area contributed by atoms with E-state index in [0.29, 0.717) is 22.7 Å². The van der Waals surface area contributed by atoms with Crippen LogP contribution in [0.5, 0.6) is 0 Å². The summed E-state index contributed by atoms with van der Waals surface area (Å²) in [5.74, 6) is 0. The predicted molar refractivity (Wildman–Crippen MR) is 84.2 cm³/mol. The third-order valence-corrected chi connectivity index (χ3v) is 2.87. The van der Waals surface area contributed by atoms with Crippen molar-refractivity contribution < 1.29 is 0 Å². The minimum Gasteiger partial charge on any atom is -0.359 e. The van der Waals surface area contributed by atoms with Crippen molar-refractivity contribution >= 4 is 33.8 Å². The van der Waals surface area contributed by atoms with Gasteiger partial charge in [-0.05, 0) is 31.3 Å². The first-order valence-electron chi connectivity index (χ1n) is 5.92. The van der Waals surface area contributed by atoms with Gasteiger partial charge in [-0.3, -0.25) is 19.8 Å². The summed E-state index contributed by atoms with van der Waals surface area (Å²) >= 11 is 5.13. The van der Waals surface area contributed by atoms with E-state index in [-0.39, 0.29) is 16.5 Å². The molecule has 6 nitrogen and oxygen atoms in total. The fraction of sp³-hybridized carbons (Fsp3) is 0.154. The second-order valence-electron chi connectivity index (χ2n) is 4.40. The molecule has 0 saturated carbocycles. The van der Waals surface area contributed by atoms with Gasteiger partial charge >= 0.3 is 0 Å². The summed E-state index contributed by atoms with van der Waals surface area (Å²) in [4.78, 5) is 23.5. The van der Waals surface area contributed by atoms with Crippen LogP contribution in [-0.4, -0.2) is 21.9 Å². The summed E-state index contributed by atoms with van der Waals surface area (Å²) in [6, 6.07) is 4.95. The van der Waals surface area contributed by atoms with Crippen LogP contribution in [0.25, 0.3) is 10.8 Å². The Kier molecular flexibility index (Phi) is 3.99. The molecule has 4 N–H and O–H groups in total. The topological polar surface area (TPSA) is 89.8 Å². The predicted octanol–water partition coefficient (Wildman–Crippen LogP) is 1.08. The summed E-state index contributed by atoms with van der Waals surface area (Å²) in [5, 5.41) is 11.4. The van der Waals surface area contributed by atoms with Gasteiger partial charge in [-0.1, -0.05) is 18.2 Å². The highest BCUT2D eigenvalue weighted by Crippen LogP contribution is 2.16. The van der Waals surface area contributed by atoms with E-state index in [0.717, 1.165) is 5.57 Å². The molecule has 104 valence electrons. The molecule has 0 saturated heterocycles. The Morgan fingerprint density at radius 2 is 2.00 bits per heavy atom. The SMILES string of the molecule is C=C(C)CNC(=S)Nc1cccc2c(=O)[nH][nH]c(=O)c12. The van der Waals surface area contributed by atoms with Gasteiger partial charge in [0.25, 0.3) is 11.1 Å². The number of benzene rings is 1. The molecule has 2 aromatic rings. The minimum atomic E-state index is -0.384. The zero-order chi connectivity index (χ0) is 14.7. The van der Waals surface area contributed by atoms with Crippen molar-refractivity contribution in [2.75, 3.05) is 11.9 Å². The van der Waals surface area contributed by atoms with E-state index in [2.05, 4.69) is 27.4 Å². The maximum Gasteiger partial charge on any atom is 0.272 e. The number of H-pyrrole nitrogens is 2. The monoisotopic (exact) mass is 290 g/mol. The second kappa shape index (κ2) is 5.70. The van der Waals surface area contributed by atoms with E-state index in [9.17, 15) is 9.59 Å². The average Bonchev–Trinajstić information content (AvgIpc) is 2.41. The van der Waals surface area contributed by atoms with Crippen molar-refractivity contribution in [2.24, 2.45) is 0 Å². The van der Waals surface area contributed by atoms with Crippen molar-refractivity contribution in [3.05, 3.63) is 51.1 Å². The minimum absolute atomic E-state index is 0.274. The van der Waals surface area contributed by atoms with Crippen LogP contribution in [0.1, 0.15) is 6.92 Å². The van der Waals surface area contributed by atoms with E-state index >= 15 is 0 Å². The van der Waals surface area contributed by atoms with Crippen molar-refractivity contribution in [2.45, 2.75) is 6.92 Å². The first kappa shape index (κ1) is 14.0. The van der Waals surface area contributed by atoms with Crippen LogP contribution in [0.2, 0.25) is 0 Å². The van der Waals surface area contributed by atoms with Gasteiger partial charge in [0.15, 0.2) is 5.11 Å². The molecule has 0 radical (unpaired) electrons. The Morgan fingerprint density at radius 1 is 1.30 bits per heavy atom. The lowest BCUT2D eigenvalue weighted by Crippen LogP contribution is -2.30. The molecule has 0 bridgehead atoms. The summed E-state index contributed by atoms with van der Waals surface area (Å²) in [7, 11) is 0. The van der Waals surface area contributed by atoms with Crippen LogP contribution in [0, 0.1) is 0 Å². The molecule has 0 aliphatic rings. The van der Waals surface area contributed by atoms with E-state index in [1.165, 1.54) is 0 Å². The Bertz CT molecular complexity index is 791. The molecule has 0 spiro atoms. The number of rotatable bonds is 3. The molecule has 1 heterocycles. The largest absolute Gasteiger partial charge is 0.359 e. The molecule has 1 aromatic heterocycles. The highest BCUT2D eigenvalue weighted by atomic mass is 32.1. The van der Waals surface area contributed by atoms with Crippen molar-refractivity contribution in [3.63, 3.8) is 0 Å². The number of anilines is 1. The molecule has 0 amide bonds. The number of aromatic amines is 2. The molecular weight excluding hydrogens is 276 g/mol. The normalized spacial score (nSPS) is 10.2. The lowest BCUT2D eigenvalue weighted by atomic mass is 10.1. The molecule has 20 heavy (non-hydrogen) atoms. The third-order valence-electron chi connectivity index (χ3n) is 2.62. The van der Waals surface area contributed by atoms with Gasteiger partial charge in [-0.15, -0.1) is 0 Å². The smallest absolute Gasteiger partial charge is 0.272 e. The zero-order valence-electron chi connectivity index (χ0n) is 10.9.